The van der Waals surface area contributed by atoms with Crippen molar-refractivity contribution in [2.45, 2.75) is 6.92 Å². The Morgan fingerprint density at radius 3 is 2.58 bits per heavy atom. The van der Waals surface area contributed by atoms with Gasteiger partial charge in [-0.3, -0.25) is 0 Å². The van der Waals surface area contributed by atoms with E-state index in [1.54, 1.807) is 0 Å². The van der Waals surface area contributed by atoms with E-state index in [2.05, 4.69) is 0 Å². The summed E-state index contributed by atoms with van der Waals surface area (Å²) in [6.07, 6.45) is 4.04. The zero-order valence-electron chi connectivity index (χ0n) is 7.27. The Morgan fingerprint density at radius 1 is 1.33 bits per heavy atom. The van der Waals surface area contributed by atoms with Crippen molar-refractivity contribution < 1.29 is 5.11 Å². The van der Waals surface area contributed by atoms with Gasteiger partial charge in [-0.1, -0.05) is 49.4 Å². The van der Waals surface area contributed by atoms with Crippen LogP contribution in [0.25, 0.3) is 6.08 Å². The lowest BCUT2D eigenvalue weighted by Crippen LogP contribution is -1.94. The van der Waals surface area contributed by atoms with Gasteiger partial charge in [-0.25, -0.2) is 0 Å². The second-order valence-corrected chi connectivity index (χ2v) is 2.93. The van der Waals surface area contributed by atoms with Crippen molar-refractivity contribution in [2.75, 3.05) is 6.61 Å². The largest absolute Gasteiger partial charge is 0.396 e. The van der Waals surface area contributed by atoms with Crippen molar-refractivity contribution in [1.82, 2.24) is 0 Å². The van der Waals surface area contributed by atoms with Crippen LogP contribution in [0.1, 0.15) is 12.5 Å². The Labute approximate surface area is 73.4 Å². The maximum absolute atomic E-state index is 8.76. The van der Waals surface area contributed by atoms with E-state index in [9.17, 15) is 0 Å². The summed E-state index contributed by atoms with van der Waals surface area (Å²) in [5.41, 5.74) is 1.18. The molecule has 0 heterocycles. The second kappa shape index (κ2) is 4.73. The van der Waals surface area contributed by atoms with Crippen LogP contribution in [0.4, 0.5) is 0 Å². The average molecular weight is 162 g/mol. The fraction of sp³-hybridized carbons (Fsp3) is 0.273. The highest BCUT2D eigenvalue weighted by atomic mass is 16.3. The molecule has 1 N–H and O–H groups in total. The van der Waals surface area contributed by atoms with E-state index in [0.717, 1.165) is 0 Å². The highest BCUT2D eigenvalue weighted by Crippen LogP contribution is 2.04. The van der Waals surface area contributed by atoms with Crippen molar-refractivity contribution in [2.24, 2.45) is 5.92 Å². The average Bonchev–Trinajstić information content (AvgIpc) is 2.16. The second-order valence-electron chi connectivity index (χ2n) is 2.93. The first-order valence-corrected chi connectivity index (χ1v) is 4.17. The summed E-state index contributed by atoms with van der Waals surface area (Å²) in [7, 11) is 0. The number of hydrogen-bond acceptors (Lipinski definition) is 1. The smallest absolute Gasteiger partial charge is 0.0491 e. The molecule has 0 fully saturated rings. The molecule has 0 bridgehead atoms. The minimum Gasteiger partial charge on any atom is -0.396 e. The van der Waals surface area contributed by atoms with Gasteiger partial charge in [0.2, 0.25) is 0 Å². The molecule has 0 saturated heterocycles. The molecule has 0 saturated carbocycles. The lowest BCUT2D eigenvalue weighted by atomic mass is 10.1. The summed E-state index contributed by atoms with van der Waals surface area (Å²) in [4.78, 5) is 0. The van der Waals surface area contributed by atoms with Gasteiger partial charge in [-0.05, 0) is 11.5 Å². The summed E-state index contributed by atoms with van der Waals surface area (Å²) in [5, 5.41) is 8.76. The summed E-state index contributed by atoms with van der Waals surface area (Å²) in [5.74, 6) is 0.241. The summed E-state index contributed by atoms with van der Waals surface area (Å²) < 4.78 is 0. The van der Waals surface area contributed by atoms with E-state index >= 15 is 0 Å². The molecule has 1 unspecified atom stereocenters. The number of hydrogen-bond donors (Lipinski definition) is 1. The van der Waals surface area contributed by atoms with E-state index in [4.69, 9.17) is 5.11 Å². The lowest BCUT2D eigenvalue weighted by Gasteiger charge is -1.98. The third-order valence-electron chi connectivity index (χ3n) is 1.70. The van der Waals surface area contributed by atoms with Crippen LogP contribution in [-0.4, -0.2) is 11.7 Å². The van der Waals surface area contributed by atoms with Crippen LogP contribution in [0.2, 0.25) is 0 Å². The van der Waals surface area contributed by atoms with Gasteiger partial charge in [0, 0.05) is 6.61 Å². The summed E-state index contributed by atoms with van der Waals surface area (Å²) in [6.45, 7) is 2.20. The maximum atomic E-state index is 8.76. The first-order chi connectivity index (χ1) is 5.83. The van der Waals surface area contributed by atoms with Gasteiger partial charge >= 0.3 is 0 Å². The molecule has 1 aromatic carbocycles. The minimum absolute atomic E-state index is 0.212. The third-order valence-corrected chi connectivity index (χ3v) is 1.70. The Morgan fingerprint density at radius 2 is 2.00 bits per heavy atom. The zero-order chi connectivity index (χ0) is 8.81. The van der Waals surface area contributed by atoms with E-state index in [1.807, 2.05) is 49.4 Å². The fourth-order valence-electron chi connectivity index (χ4n) is 0.900. The Balaban J connectivity index is 2.58. The van der Waals surface area contributed by atoms with Crippen molar-refractivity contribution in [1.29, 1.82) is 0 Å². The standard InChI is InChI=1S/C11H14O/c1-10(9-12)7-8-11-5-3-2-4-6-11/h2-8,10,12H,9H2,1H3/b8-7+. The molecule has 0 aromatic heterocycles. The fourth-order valence-corrected chi connectivity index (χ4v) is 0.900. The molecule has 64 valence electrons. The van der Waals surface area contributed by atoms with Crippen LogP contribution >= 0.6 is 0 Å². The minimum atomic E-state index is 0.212. The van der Waals surface area contributed by atoms with E-state index in [1.165, 1.54) is 5.56 Å². The first-order valence-electron chi connectivity index (χ1n) is 4.17. The van der Waals surface area contributed by atoms with Crippen LogP contribution in [0, 0.1) is 5.92 Å². The predicted molar refractivity (Wildman–Crippen MR) is 51.7 cm³/mol. The molecule has 1 aromatic rings. The molecule has 0 amide bonds. The van der Waals surface area contributed by atoms with Crippen LogP contribution < -0.4 is 0 Å². The maximum Gasteiger partial charge on any atom is 0.0491 e. The van der Waals surface area contributed by atoms with Gasteiger partial charge in [0.15, 0.2) is 0 Å². The number of benzene rings is 1. The first kappa shape index (κ1) is 9.01. The SMILES string of the molecule is CC(/C=C/c1ccccc1)CO. The van der Waals surface area contributed by atoms with Crippen LogP contribution in [-0.2, 0) is 0 Å². The lowest BCUT2D eigenvalue weighted by molar-refractivity contribution is 0.262. The van der Waals surface area contributed by atoms with Gasteiger partial charge in [-0.15, -0.1) is 0 Å². The van der Waals surface area contributed by atoms with Gasteiger partial charge in [0.05, 0.1) is 0 Å². The van der Waals surface area contributed by atoms with Gasteiger partial charge < -0.3 is 5.11 Å². The Bertz CT molecular complexity index is 238. The van der Waals surface area contributed by atoms with Gasteiger partial charge in [0.1, 0.15) is 0 Å². The molecule has 0 spiro atoms. The van der Waals surface area contributed by atoms with Crippen molar-refractivity contribution in [3.63, 3.8) is 0 Å². The molecule has 12 heavy (non-hydrogen) atoms. The highest BCUT2D eigenvalue weighted by Gasteiger charge is 1.91. The van der Waals surface area contributed by atoms with Crippen molar-refractivity contribution in [3.05, 3.63) is 42.0 Å². The summed E-state index contributed by atoms with van der Waals surface area (Å²) in [6, 6.07) is 10.1. The quantitative estimate of drug-likeness (QED) is 0.723. The predicted octanol–water partition coefficient (Wildman–Crippen LogP) is 2.33. The Kier molecular flexibility index (Phi) is 3.55. The monoisotopic (exact) mass is 162 g/mol. The number of aliphatic hydroxyl groups is 1. The number of rotatable bonds is 3. The topological polar surface area (TPSA) is 20.2 Å². The van der Waals surface area contributed by atoms with Crippen LogP contribution in [0.15, 0.2) is 36.4 Å². The normalized spacial score (nSPS) is 13.5. The van der Waals surface area contributed by atoms with Gasteiger partial charge in [0.25, 0.3) is 0 Å². The highest BCUT2D eigenvalue weighted by molar-refractivity contribution is 5.48. The molecule has 0 aliphatic carbocycles. The van der Waals surface area contributed by atoms with Crippen molar-refractivity contribution >= 4 is 6.08 Å². The van der Waals surface area contributed by atoms with Gasteiger partial charge in [-0.2, -0.15) is 0 Å². The molecule has 1 rings (SSSR count). The van der Waals surface area contributed by atoms with Crippen LogP contribution in [0.3, 0.4) is 0 Å². The van der Waals surface area contributed by atoms with Crippen LogP contribution in [0.5, 0.6) is 0 Å². The van der Waals surface area contributed by atoms with E-state index in [-0.39, 0.29) is 12.5 Å². The molecule has 0 aliphatic rings. The third kappa shape index (κ3) is 2.89. The molecule has 1 heteroatoms. The number of aliphatic hydroxyl groups excluding tert-OH is 1. The van der Waals surface area contributed by atoms with E-state index < -0.39 is 0 Å². The molecule has 0 aliphatic heterocycles. The van der Waals surface area contributed by atoms with Crippen molar-refractivity contribution in [3.8, 4) is 0 Å². The molecule has 0 radical (unpaired) electrons. The molecule has 1 atom stereocenters. The molecular weight excluding hydrogens is 148 g/mol. The molecular formula is C11H14O. The van der Waals surface area contributed by atoms with E-state index in [0.29, 0.717) is 0 Å². The Hall–Kier alpha value is -1.08. The zero-order valence-corrected chi connectivity index (χ0v) is 7.27. The molecule has 1 nitrogen and oxygen atoms in total. The summed E-state index contributed by atoms with van der Waals surface area (Å²) >= 11 is 0.